The van der Waals surface area contributed by atoms with E-state index in [1.165, 1.54) is 0 Å². The maximum Gasteiger partial charge on any atom is 0.238 e. The summed E-state index contributed by atoms with van der Waals surface area (Å²) in [6, 6.07) is 5.25. The van der Waals surface area contributed by atoms with Crippen LogP contribution in [-0.4, -0.2) is 61.8 Å². The van der Waals surface area contributed by atoms with Crippen molar-refractivity contribution in [2.75, 3.05) is 36.5 Å². The maximum atomic E-state index is 12.3. The summed E-state index contributed by atoms with van der Waals surface area (Å²) in [5.41, 5.74) is 0.788. The van der Waals surface area contributed by atoms with Gasteiger partial charge in [0.25, 0.3) is 0 Å². The zero-order chi connectivity index (χ0) is 20.2. The van der Waals surface area contributed by atoms with Gasteiger partial charge in [-0.05, 0) is 44.5 Å². The van der Waals surface area contributed by atoms with Crippen LogP contribution in [0.1, 0.15) is 25.8 Å². The number of nitrogens with zero attached hydrogens (tertiary/aromatic N) is 1. The van der Waals surface area contributed by atoms with Crippen molar-refractivity contribution in [3.05, 3.63) is 28.8 Å². The van der Waals surface area contributed by atoms with Gasteiger partial charge in [-0.3, -0.25) is 14.5 Å². The number of rotatable bonds is 7. The van der Waals surface area contributed by atoms with Crippen molar-refractivity contribution in [1.29, 1.82) is 0 Å². The van der Waals surface area contributed by atoms with E-state index in [4.69, 9.17) is 11.6 Å². The van der Waals surface area contributed by atoms with Crippen molar-refractivity contribution in [2.24, 2.45) is 0 Å². The third-order valence-corrected chi connectivity index (χ3v) is 6.74. The van der Waals surface area contributed by atoms with Gasteiger partial charge in [-0.2, -0.15) is 0 Å². The lowest BCUT2D eigenvalue weighted by Gasteiger charge is -2.26. The number of amides is 2. The van der Waals surface area contributed by atoms with Gasteiger partial charge in [0, 0.05) is 10.7 Å². The summed E-state index contributed by atoms with van der Waals surface area (Å²) >= 11 is 5.96. The summed E-state index contributed by atoms with van der Waals surface area (Å²) in [6.07, 6.45) is 0.404. The van der Waals surface area contributed by atoms with E-state index >= 15 is 0 Å². The number of likely N-dealkylation sites (N-methyl/N-ethyl adjacent to an activating group) is 1. The molecule has 1 heterocycles. The molecule has 2 N–H and O–H groups in total. The van der Waals surface area contributed by atoms with Gasteiger partial charge in [-0.25, -0.2) is 8.42 Å². The van der Waals surface area contributed by atoms with Gasteiger partial charge >= 0.3 is 0 Å². The standard InChI is InChI=1S/C18H26ClN3O4S/c1-4-22(10-16(23)20-15-9-14(19)6-5-13(15)2)11-17(24)21-18(3)7-8-27(25,26)12-18/h5-6,9H,4,7-8,10-12H2,1-3H3,(H,20,23)(H,21,24)/t18-/m1/s1. The monoisotopic (exact) mass is 415 g/mol. The Morgan fingerprint density at radius 1 is 1.26 bits per heavy atom. The number of benzene rings is 1. The van der Waals surface area contributed by atoms with E-state index in [1.807, 2.05) is 19.9 Å². The number of halogens is 1. The SMILES string of the molecule is CCN(CC(=O)Nc1cc(Cl)ccc1C)CC(=O)N[C@]1(C)CCS(=O)(=O)C1. The molecule has 2 rings (SSSR count). The number of anilines is 1. The largest absolute Gasteiger partial charge is 0.349 e. The van der Waals surface area contributed by atoms with Gasteiger partial charge in [0.15, 0.2) is 9.84 Å². The Labute approximate surface area is 165 Å². The van der Waals surface area contributed by atoms with Gasteiger partial charge in [0.2, 0.25) is 11.8 Å². The molecule has 0 unspecified atom stereocenters. The van der Waals surface area contributed by atoms with Crippen LogP contribution in [0.3, 0.4) is 0 Å². The summed E-state index contributed by atoms with van der Waals surface area (Å²) in [5.74, 6) is -0.498. The van der Waals surface area contributed by atoms with Gasteiger partial charge in [-0.15, -0.1) is 0 Å². The van der Waals surface area contributed by atoms with Crippen molar-refractivity contribution >= 4 is 38.9 Å². The van der Waals surface area contributed by atoms with Crippen LogP contribution < -0.4 is 10.6 Å². The average Bonchev–Trinajstić information content (AvgIpc) is 2.83. The van der Waals surface area contributed by atoms with E-state index < -0.39 is 15.4 Å². The van der Waals surface area contributed by atoms with Crippen LogP contribution in [0.5, 0.6) is 0 Å². The van der Waals surface area contributed by atoms with Crippen LogP contribution >= 0.6 is 11.6 Å². The first-order valence-corrected chi connectivity index (χ1v) is 11.0. The second kappa shape index (κ2) is 8.58. The molecule has 0 bridgehead atoms. The second-order valence-electron chi connectivity index (χ2n) is 7.26. The number of hydrogen-bond donors (Lipinski definition) is 2. The molecule has 1 fully saturated rings. The third kappa shape index (κ3) is 6.48. The number of hydrogen-bond acceptors (Lipinski definition) is 5. The van der Waals surface area contributed by atoms with E-state index in [2.05, 4.69) is 10.6 Å². The Morgan fingerprint density at radius 3 is 2.52 bits per heavy atom. The minimum absolute atomic E-state index is 0.0219. The molecular weight excluding hydrogens is 390 g/mol. The van der Waals surface area contributed by atoms with Gasteiger partial charge in [0.05, 0.1) is 30.1 Å². The highest BCUT2D eigenvalue weighted by molar-refractivity contribution is 7.91. The molecule has 150 valence electrons. The van der Waals surface area contributed by atoms with Crippen molar-refractivity contribution in [1.82, 2.24) is 10.2 Å². The van der Waals surface area contributed by atoms with E-state index in [0.29, 0.717) is 23.7 Å². The Hall–Kier alpha value is -1.64. The fourth-order valence-electron chi connectivity index (χ4n) is 3.09. The quantitative estimate of drug-likeness (QED) is 0.705. The molecule has 0 saturated carbocycles. The molecular formula is C18H26ClN3O4S. The van der Waals surface area contributed by atoms with E-state index in [9.17, 15) is 18.0 Å². The predicted octanol–water partition coefficient (Wildman–Crippen LogP) is 1.60. The van der Waals surface area contributed by atoms with Crippen LogP contribution in [0.15, 0.2) is 18.2 Å². The van der Waals surface area contributed by atoms with Crippen LogP contribution in [0.2, 0.25) is 5.02 Å². The normalized spacial score (nSPS) is 21.2. The van der Waals surface area contributed by atoms with Crippen molar-refractivity contribution in [2.45, 2.75) is 32.7 Å². The van der Waals surface area contributed by atoms with Gasteiger partial charge in [0.1, 0.15) is 0 Å². The molecule has 1 aliphatic rings. The summed E-state index contributed by atoms with van der Waals surface area (Å²) in [6.45, 7) is 6.03. The molecule has 1 aliphatic heterocycles. The summed E-state index contributed by atoms with van der Waals surface area (Å²) in [5, 5.41) is 6.14. The van der Waals surface area contributed by atoms with Crippen molar-refractivity contribution in [3.8, 4) is 0 Å². The van der Waals surface area contributed by atoms with Crippen LogP contribution in [-0.2, 0) is 19.4 Å². The number of carbonyl (C=O) groups is 2. The molecule has 0 spiro atoms. The molecule has 0 aliphatic carbocycles. The van der Waals surface area contributed by atoms with Gasteiger partial charge < -0.3 is 10.6 Å². The first-order valence-electron chi connectivity index (χ1n) is 8.82. The highest BCUT2D eigenvalue weighted by Gasteiger charge is 2.39. The molecule has 27 heavy (non-hydrogen) atoms. The zero-order valence-corrected chi connectivity index (χ0v) is 17.4. The topological polar surface area (TPSA) is 95.6 Å². The molecule has 0 radical (unpaired) electrons. The minimum atomic E-state index is -3.10. The number of sulfone groups is 1. The molecule has 1 aromatic rings. The first-order chi connectivity index (χ1) is 12.5. The lowest BCUT2D eigenvalue weighted by Crippen LogP contribution is -2.51. The highest BCUT2D eigenvalue weighted by atomic mass is 35.5. The van der Waals surface area contributed by atoms with Crippen molar-refractivity contribution in [3.63, 3.8) is 0 Å². The highest BCUT2D eigenvalue weighted by Crippen LogP contribution is 2.23. The third-order valence-electron chi connectivity index (χ3n) is 4.60. The Balaban J connectivity index is 1.90. The fraction of sp³-hybridized carbons (Fsp3) is 0.556. The van der Waals surface area contributed by atoms with Crippen molar-refractivity contribution < 1.29 is 18.0 Å². The van der Waals surface area contributed by atoms with E-state index in [1.54, 1.807) is 24.0 Å². The Morgan fingerprint density at radius 2 is 1.93 bits per heavy atom. The summed E-state index contributed by atoms with van der Waals surface area (Å²) < 4.78 is 23.3. The van der Waals surface area contributed by atoms with E-state index in [0.717, 1.165) is 5.56 Å². The van der Waals surface area contributed by atoms with Crippen LogP contribution in [0, 0.1) is 6.92 Å². The Kier molecular flexibility index (Phi) is 6.88. The maximum absolute atomic E-state index is 12.3. The smallest absolute Gasteiger partial charge is 0.238 e. The molecule has 1 saturated heterocycles. The van der Waals surface area contributed by atoms with E-state index in [-0.39, 0.29) is 36.4 Å². The lowest BCUT2D eigenvalue weighted by atomic mass is 10.0. The van der Waals surface area contributed by atoms with Gasteiger partial charge in [-0.1, -0.05) is 24.6 Å². The molecule has 0 aromatic heterocycles. The molecule has 2 amide bonds. The average molecular weight is 416 g/mol. The summed E-state index contributed by atoms with van der Waals surface area (Å²) in [4.78, 5) is 26.3. The first kappa shape index (κ1) is 21.7. The van der Waals surface area contributed by atoms with Crippen LogP contribution in [0.25, 0.3) is 0 Å². The summed E-state index contributed by atoms with van der Waals surface area (Å²) in [7, 11) is -3.10. The van der Waals surface area contributed by atoms with Crippen LogP contribution in [0.4, 0.5) is 5.69 Å². The Bertz CT molecular complexity index is 828. The second-order valence-corrected chi connectivity index (χ2v) is 9.88. The molecule has 1 atom stereocenters. The zero-order valence-electron chi connectivity index (χ0n) is 15.8. The fourth-order valence-corrected chi connectivity index (χ4v) is 5.35. The molecule has 7 nitrogen and oxygen atoms in total. The number of aryl methyl sites for hydroxylation is 1. The minimum Gasteiger partial charge on any atom is -0.349 e. The predicted molar refractivity (Wildman–Crippen MR) is 107 cm³/mol. The number of nitrogens with one attached hydrogen (secondary N) is 2. The molecule has 1 aromatic carbocycles. The lowest BCUT2D eigenvalue weighted by molar-refractivity contribution is -0.124. The molecule has 9 heteroatoms. The number of carbonyl (C=O) groups excluding carboxylic acids is 2.